The van der Waals surface area contributed by atoms with Crippen LogP contribution >= 0.6 is 11.8 Å². The van der Waals surface area contributed by atoms with Gasteiger partial charge < -0.3 is 5.32 Å². The van der Waals surface area contributed by atoms with Gasteiger partial charge in [-0.1, -0.05) is 6.07 Å². The monoisotopic (exact) mass is 166 g/mol. The first-order valence-electron chi connectivity index (χ1n) is 3.73. The third kappa shape index (κ3) is 1.73. The molecule has 1 aromatic rings. The van der Waals surface area contributed by atoms with Crippen LogP contribution in [-0.4, -0.2) is 23.3 Å². The van der Waals surface area contributed by atoms with Gasteiger partial charge in [-0.25, -0.2) is 4.98 Å². The number of nitrogens with one attached hydrogen (secondary N) is 1. The van der Waals surface area contributed by atoms with Gasteiger partial charge in [-0.15, -0.1) is 11.8 Å². The molecule has 2 nitrogen and oxygen atoms in total. The number of hydrogen-bond donors (Lipinski definition) is 1. The largest absolute Gasteiger partial charge is 0.314 e. The van der Waals surface area contributed by atoms with Crippen LogP contribution in [0.5, 0.6) is 0 Å². The molecule has 1 fully saturated rings. The Bertz CT molecular complexity index is 221. The van der Waals surface area contributed by atoms with E-state index in [-0.39, 0.29) is 0 Å². The van der Waals surface area contributed by atoms with Crippen LogP contribution < -0.4 is 5.32 Å². The lowest BCUT2D eigenvalue weighted by atomic mass is 10.3. The average molecular weight is 166 g/mol. The second-order valence-electron chi connectivity index (χ2n) is 2.57. The van der Waals surface area contributed by atoms with Gasteiger partial charge in [0, 0.05) is 24.5 Å². The zero-order valence-corrected chi connectivity index (χ0v) is 6.97. The lowest BCUT2D eigenvalue weighted by molar-refractivity contribution is 0.543. The van der Waals surface area contributed by atoms with E-state index < -0.39 is 0 Å². The van der Waals surface area contributed by atoms with Crippen LogP contribution in [-0.2, 0) is 0 Å². The zero-order chi connectivity index (χ0) is 7.52. The molecule has 1 aromatic heterocycles. The Morgan fingerprint density at radius 1 is 1.45 bits per heavy atom. The van der Waals surface area contributed by atoms with Crippen molar-refractivity contribution < 1.29 is 0 Å². The van der Waals surface area contributed by atoms with Gasteiger partial charge >= 0.3 is 0 Å². The summed E-state index contributed by atoms with van der Waals surface area (Å²) in [4.78, 5) is 4.24. The van der Waals surface area contributed by atoms with Crippen molar-refractivity contribution in [1.29, 1.82) is 0 Å². The molecule has 1 aliphatic heterocycles. The van der Waals surface area contributed by atoms with E-state index in [4.69, 9.17) is 0 Å². The van der Waals surface area contributed by atoms with Crippen molar-refractivity contribution in [1.82, 2.24) is 10.3 Å². The van der Waals surface area contributed by atoms with Crippen LogP contribution in [0.3, 0.4) is 0 Å². The predicted molar refractivity (Wildman–Crippen MR) is 46.8 cm³/mol. The van der Waals surface area contributed by atoms with Crippen LogP contribution in [0.4, 0.5) is 0 Å². The molecule has 0 aliphatic carbocycles. The van der Waals surface area contributed by atoms with Crippen LogP contribution in [0.1, 0.15) is 0 Å². The summed E-state index contributed by atoms with van der Waals surface area (Å²) < 4.78 is 0. The Kier molecular flexibility index (Phi) is 2.10. The molecule has 58 valence electrons. The standard InChI is InChI=1S/C8H10N2S/c1-2-4-10-8(3-1)11-7-5-9-6-7/h1-4,7,9H,5-6H2. The van der Waals surface area contributed by atoms with Crippen molar-refractivity contribution in [2.75, 3.05) is 13.1 Å². The summed E-state index contributed by atoms with van der Waals surface area (Å²) in [5, 5.41) is 5.11. The first-order valence-corrected chi connectivity index (χ1v) is 4.61. The summed E-state index contributed by atoms with van der Waals surface area (Å²) in [6.07, 6.45) is 1.84. The van der Waals surface area contributed by atoms with Gasteiger partial charge in [-0.05, 0) is 12.1 Å². The molecule has 11 heavy (non-hydrogen) atoms. The summed E-state index contributed by atoms with van der Waals surface area (Å²) in [6, 6.07) is 6.04. The van der Waals surface area contributed by atoms with Gasteiger partial charge in [0.05, 0.1) is 5.03 Å². The third-order valence-corrected chi connectivity index (χ3v) is 2.82. The van der Waals surface area contributed by atoms with E-state index in [1.165, 1.54) is 0 Å². The first kappa shape index (κ1) is 7.13. The highest BCUT2D eigenvalue weighted by Gasteiger charge is 2.17. The maximum atomic E-state index is 4.24. The Hall–Kier alpha value is -0.540. The van der Waals surface area contributed by atoms with E-state index in [0.717, 1.165) is 23.4 Å². The molecule has 1 N–H and O–H groups in total. The Morgan fingerprint density at radius 3 is 2.91 bits per heavy atom. The van der Waals surface area contributed by atoms with E-state index >= 15 is 0 Å². The molecule has 2 heterocycles. The first-order chi connectivity index (χ1) is 5.45. The van der Waals surface area contributed by atoms with Gasteiger partial charge in [0.15, 0.2) is 0 Å². The van der Waals surface area contributed by atoms with Gasteiger partial charge in [-0.3, -0.25) is 0 Å². The number of pyridine rings is 1. The minimum Gasteiger partial charge on any atom is -0.314 e. The lowest BCUT2D eigenvalue weighted by Crippen LogP contribution is -2.44. The Morgan fingerprint density at radius 2 is 2.36 bits per heavy atom. The van der Waals surface area contributed by atoms with Crippen molar-refractivity contribution >= 4 is 11.8 Å². The fourth-order valence-electron chi connectivity index (χ4n) is 0.933. The van der Waals surface area contributed by atoms with Crippen molar-refractivity contribution in [3.05, 3.63) is 24.4 Å². The predicted octanol–water partition coefficient (Wildman–Crippen LogP) is 1.15. The van der Waals surface area contributed by atoms with E-state index in [1.807, 2.05) is 30.1 Å². The summed E-state index contributed by atoms with van der Waals surface area (Å²) in [5.41, 5.74) is 0. The molecule has 0 bridgehead atoms. The summed E-state index contributed by atoms with van der Waals surface area (Å²) in [7, 11) is 0. The minimum atomic E-state index is 0.741. The highest BCUT2D eigenvalue weighted by Crippen LogP contribution is 2.22. The molecule has 1 saturated heterocycles. The fraction of sp³-hybridized carbons (Fsp3) is 0.375. The van der Waals surface area contributed by atoms with Crippen molar-refractivity contribution in [3.8, 4) is 0 Å². The Labute approximate surface area is 70.4 Å². The number of aromatic nitrogens is 1. The molecule has 0 unspecified atom stereocenters. The molecule has 2 rings (SSSR count). The molecular weight excluding hydrogens is 156 g/mol. The highest BCUT2D eigenvalue weighted by atomic mass is 32.2. The van der Waals surface area contributed by atoms with E-state index in [2.05, 4.69) is 16.4 Å². The molecular formula is C8H10N2S. The molecule has 0 amide bonds. The third-order valence-electron chi connectivity index (χ3n) is 1.67. The number of hydrogen-bond acceptors (Lipinski definition) is 3. The number of rotatable bonds is 2. The maximum Gasteiger partial charge on any atom is 0.0963 e. The van der Waals surface area contributed by atoms with E-state index in [1.54, 1.807) is 0 Å². The van der Waals surface area contributed by atoms with Gasteiger partial charge in [0.2, 0.25) is 0 Å². The van der Waals surface area contributed by atoms with Crippen LogP contribution in [0.25, 0.3) is 0 Å². The van der Waals surface area contributed by atoms with Crippen LogP contribution in [0.15, 0.2) is 29.4 Å². The van der Waals surface area contributed by atoms with Crippen LogP contribution in [0.2, 0.25) is 0 Å². The van der Waals surface area contributed by atoms with Gasteiger partial charge in [0.1, 0.15) is 0 Å². The fourth-order valence-corrected chi connectivity index (χ4v) is 1.96. The second kappa shape index (κ2) is 3.24. The topological polar surface area (TPSA) is 24.9 Å². The zero-order valence-electron chi connectivity index (χ0n) is 6.16. The average Bonchev–Trinajstić information content (AvgIpc) is 1.99. The smallest absolute Gasteiger partial charge is 0.0963 e. The van der Waals surface area contributed by atoms with Crippen molar-refractivity contribution in [2.45, 2.75) is 10.3 Å². The second-order valence-corrected chi connectivity index (χ2v) is 3.89. The Balaban J connectivity index is 1.95. The van der Waals surface area contributed by atoms with E-state index in [9.17, 15) is 0 Å². The quantitative estimate of drug-likeness (QED) is 0.713. The number of thioether (sulfide) groups is 1. The SMILES string of the molecule is c1ccc(SC2CNC2)nc1. The van der Waals surface area contributed by atoms with Crippen molar-refractivity contribution in [3.63, 3.8) is 0 Å². The molecule has 0 saturated carbocycles. The molecule has 0 radical (unpaired) electrons. The molecule has 0 atom stereocenters. The normalized spacial score (nSPS) is 17.8. The lowest BCUT2D eigenvalue weighted by Gasteiger charge is -2.25. The van der Waals surface area contributed by atoms with E-state index in [0.29, 0.717) is 0 Å². The summed E-state index contributed by atoms with van der Waals surface area (Å²) >= 11 is 1.86. The molecule has 0 aromatic carbocycles. The highest BCUT2D eigenvalue weighted by molar-refractivity contribution is 8.00. The molecule has 0 spiro atoms. The van der Waals surface area contributed by atoms with Crippen LogP contribution in [0, 0.1) is 0 Å². The van der Waals surface area contributed by atoms with Gasteiger partial charge in [0.25, 0.3) is 0 Å². The number of nitrogens with zero attached hydrogens (tertiary/aromatic N) is 1. The maximum absolute atomic E-state index is 4.24. The van der Waals surface area contributed by atoms with Crippen molar-refractivity contribution in [2.24, 2.45) is 0 Å². The summed E-state index contributed by atoms with van der Waals surface area (Å²) in [5.74, 6) is 0. The molecule has 3 heteroatoms. The summed E-state index contributed by atoms with van der Waals surface area (Å²) in [6.45, 7) is 2.25. The van der Waals surface area contributed by atoms with Gasteiger partial charge in [-0.2, -0.15) is 0 Å². The molecule has 1 aliphatic rings. The minimum absolute atomic E-state index is 0.741.